The molecule has 0 aromatic rings. The molecule has 0 heterocycles. The van der Waals surface area contributed by atoms with Crippen LogP contribution in [0.4, 0.5) is 0 Å². The lowest BCUT2D eigenvalue weighted by atomic mass is 10.9. The van der Waals surface area contributed by atoms with Gasteiger partial charge in [0.05, 0.1) is 0 Å². The van der Waals surface area contributed by atoms with Crippen molar-refractivity contribution in [1.82, 2.24) is 0 Å². The molecule has 0 atom stereocenters. The van der Waals surface area contributed by atoms with Gasteiger partial charge in [-0.2, -0.15) is 0 Å². The summed E-state index contributed by atoms with van der Waals surface area (Å²) in [6.45, 7) is -0.347. The van der Waals surface area contributed by atoms with Gasteiger partial charge in [0.2, 0.25) is 3.79 Å². The largest absolute Gasteiger partial charge is 0.388 e. The third kappa shape index (κ3) is 4.36. The molecule has 0 bridgehead atoms. The molecule has 2 nitrogen and oxygen atoms in total. The van der Waals surface area contributed by atoms with Gasteiger partial charge in [-0.25, -0.2) is 0 Å². The highest BCUT2D eigenvalue weighted by Gasteiger charge is 1.81. The van der Waals surface area contributed by atoms with Gasteiger partial charge < -0.3 is 5.11 Å². The molecule has 0 aliphatic carbocycles. The summed E-state index contributed by atoms with van der Waals surface area (Å²) >= 11 is 1.52. The number of hydrogen-bond donors (Lipinski definition) is 1. The summed E-state index contributed by atoms with van der Waals surface area (Å²) in [5, 5.41) is 7.79. The maximum Gasteiger partial charge on any atom is 0.217 e. The van der Waals surface area contributed by atoms with Crippen LogP contribution in [0, 0.1) is 0 Å². The van der Waals surface area contributed by atoms with Gasteiger partial charge >= 0.3 is 0 Å². The van der Waals surface area contributed by atoms with E-state index in [1.807, 2.05) is 0 Å². The van der Waals surface area contributed by atoms with Crippen LogP contribution in [0.25, 0.3) is 0 Å². The van der Waals surface area contributed by atoms with Crippen LogP contribution in [0.2, 0.25) is 0 Å². The molecule has 0 unspecified atom stereocenters. The number of rotatable bonds is 1. The highest BCUT2D eigenvalue weighted by molar-refractivity contribution is 14.1. The van der Waals surface area contributed by atoms with Gasteiger partial charge in [0, 0.05) is 22.6 Å². The first kappa shape index (κ1) is 5.36. The normalized spacial score (nSPS) is 7.60. The van der Waals surface area contributed by atoms with Gasteiger partial charge in [0.1, 0.15) is 6.61 Å². The van der Waals surface area contributed by atoms with Crippen molar-refractivity contribution in [3.05, 3.63) is 0 Å². The smallest absolute Gasteiger partial charge is 0.217 e. The summed E-state index contributed by atoms with van der Waals surface area (Å²) in [6, 6.07) is 0. The molecule has 0 aliphatic heterocycles. The van der Waals surface area contributed by atoms with Gasteiger partial charge in [-0.05, 0) is 0 Å². The minimum atomic E-state index is -0.347. The zero-order chi connectivity index (χ0) is 4.28. The first-order valence-electron chi connectivity index (χ1n) is 1.06. The molecule has 0 rings (SSSR count). The van der Waals surface area contributed by atoms with Crippen molar-refractivity contribution in [1.29, 1.82) is 0 Å². The summed E-state index contributed by atoms with van der Waals surface area (Å²) in [7, 11) is 0. The Kier molecular flexibility index (Phi) is 2.78. The van der Waals surface area contributed by atoms with Crippen LogP contribution < -0.4 is 0 Å². The lowest BCUT2D eigenvalue weighted by Gasteiger charge is -1.69. The number of aliphatic hydroxyl groups is 1. The first-order chi connectivity index (χ1) is 2.27. The van der Waals surface area contributed by atoms with Crippen LogP contribution in [-0.4, -0.2) is 15.5 Å². The third-order valence-electron chi connectivity index (χ3n) is 0.124. The van der Waals surface area contributed by atoms with Crippen molar-refractivity contribution in [2.75, 3.05) is 6.61 Å². The maximum absolute atomic E-state index is 9.55. The highest BCUT2D eigenvalue weighted by atomic mass is 127. The van der Waals surface area contributed by atoms with Crippen LogP contribution in [0.1, 0.15) is 0 Å². The van der Waals surface area contributed by atoms with Crippen LogP contribution >= 0.6 is 22.6 Å². The van der Waals surface area contributed by atoms with E-state index < -0.39 is 0 Å². The zero-order valence-corrected chi connectivity index (χ0v) is 4.60. The molecule has 0 spiro atoms. The minimum Gasteiger partial charge on any atom is -0.388 e. The van der Waals surface area contributed by atoms with E-state index in [1.54, 1.807) is 0 Å². The average molecular weight is 186 g/mol. The van der Waals surface area contributed by atoms with Crippen molar-refractivity contribution in [2.24, 2.45) is 0 Å². The molecule has 0 saturated carbocycles. The van der Waals surface area contributed by atoms with E-state index >= 15 is 0 Å². The van der Waals surface area contributed by atoms with Gasteiger partial charge in [0.15, 0.2) is 0 Å². The predicted molar refractivity (Wildman–Crippen MR) is 26.1 cm³/mol. The molecule has 0 fully saturated rings. The standard InChI is InChI=1S/C2H3IO2/c3-2(5)1-4/h4H,1H2. The fourth-order valence-electron chi connectivity index (χ4n) is 0. The molecular formula is C2H3IO2. The highest BCUT2D eigenvalue weighted by Crippen LogP contribution is 1.78. The zero-order valence-electron chi connectivity index (χ0n) is 2.44. The van der Waals surface area contributed by atoms with E-state index in [2.05, 4.69) is 0 Å². The Balaban J connectivity index is 2.85. The van der Waals surface area contributed by atoms with Crippen molar-refractivity contribution in [3.8, 4) is 0 Å². The number of carbonyl (C=O) groups excluding carboxylic acids is 1. The summed E-state index contributed by atoms with van der Waals surface area (Å²) in [5.41, 5.74) is 0. The number of hydrogen-bond acceptors (Lipinski definition) is 2. The summed E-state index contributed by atoms with van der Waals surface area (Å²) in [5.74, 6) is 0. The topological polar surface area (TPSA) is 37.3 Å². The van der Waals surface area contributed by atoms with Crippen molar-refractivity contribution >= 4 is 26.4 Å². The molecule has 5 heavy (non-hydrogen) atoms. The van der Waals surface area contributed by atoms with Gasteiger partial charge in [0.25, 0.3) is 0 Å². The molecule has 0 aromatic carbocycles. The average Bonchev–Trinajstić information content (AvgIpc) is 1.38. The lowest BCUT2D eigenvalue weighted by Crippen LogP contribution is -1.88. The van der Waals surface area contributed by atoms with E-state index in [1.165, 1.54) is 22.6 Å². The van der Waals surface area contributed by atoms with Crippen molar-refractivity contribution in [3.63, 3.8) is 0 Å². The second kappa shape index (κ2) is 2.59. The van der Waals surface area contributed by atoms with Crippen LogP contribution in [0.5, 0.6) is 0 Å². The van der Waals surface area contributed by atoms with E-state index in [9.17, 15) is 4.79 Å². The fraction of sp³-hybridized carbons (Fsp3) is 0.500. The summed E-state index contributed by atoms with van der Waals surface area (Å²) < 4.78 is -0.220. The molecule has 3 heteroatoms. The molecule has 0 aromatic heterocycles. The second-order valence-electron chi connectivity index (χ2n) is 0.513. The molecule has 30 valence electrons. The Hall–Kier alpha value is 0.360. The summed E-state index contributed by atoms with van der Waals surface area (Å²) in [4.78, 5) is 9.55. The fourth-order valence-corrected chi connectivity index (χ4v) is 0. The van der Waals surface area contributed by atoms with Crippen LogP contribution in [0.3, 0.4) is 0 Å². The Bertz CT molecular complexity index is 42.9. The van der Waals surface area contributed by atoms with Crippen LogP contribution in [0.15, 0.2) is 0 Å². The SMILES string of the molecule is O=C(I)CO. The quantitative estimate of drug-likeness (QED) is 0.460. The molecule has 0 amide bonds. The van der Waals surface area contributed by atoms with Gasteiger partial charge in [-0.15, -0.1) is 0 Å². The van der Waals surface area contributed by atoms with E-state index in [0.29, 0.717) is 0 Å². The number of halogens is 1. The summed E-state index contributed by atoms with van der Waals surface area (Å²) in [6.07, 6.45) is 0. The molecule has 0 radical (unpaired) electrons. The predicted octanol–water partition coefficient (Wildman–Crippen LogP) is -0.0597. The first-order valence-corrected chi connectivity index (χ1v) is 2.14. The van der Waals surface area contributed by atoms with Gasteiger partial charge in [-0.1, -0.05) is 0 Å². The Morgan fingerprint density at radius 1 is 2.00 bits per heavy atom. The van der Waals surface area contributed by atoms with Crippen molar-refractivity contribution < 1.29 is 9.90 Å². The second-order valence-corrected chi connectivity index (χ2v) is 1.72. The number of aliphatic hydroxyl groups excluding tert-OH is 1. The maximum atomic E-state index is 9.55. The third-order valence-corrected chi connectivity index (χ3v) is 0.465. The lowest BCUT2D eigenvalue weighted by molar-refractivity contribution is -0.111. The van der Waals surface area contributed by atoms with E-state index in [0.717, 1.165) is 0 Å². The Morgan fingerprint density at radius 2 is 2.20 bits per heavy atom. The molecular weight excluding hydrogens is 183 g/mol. The Labute approximate surface area is 43.3 Å². The van der Waals surface area contributed by atoms with Gasteiger partial charge in [-0.3, -0.25) is 4.79 Å². The van der Waals surface area contributed by atoms with Crippen molar-refractivity contribution in [2.45, 2.75) is 0 Å². The molecule has 0 aliphatic rings. The number of carbonyl (C=O) groups is 1. The molecule has 0 saturated heterocycles. The molecule has 1 N–H and O–H groups in total. The Morgan fingerprint density at radius 3 is 2.20 bits per heavy atom. The monoisotopic (exact) mass is 186 g/mol. The minimum absolute atomic E-state index is 0.220. The van der Waals surface area contributed by atoms with Crippen LogP contribution in [-0.2, 0) is 4.79 Å². The van der Waals surface area contributed by atoms with E-state index in [-0.39, 0.29) is 10.4 Å². The van der Waals surface area contributed by atoms with E-state index in [4.69, 9.17) is 5.11 Å².